The van der Waals surface area contributed by atoms with Gasteiger partial charge in [-0.05, 0) is 18.6 Å². The molecule has 1 aromatic heterocycles. The first-order valence-electron chi connectivity index (χ1n) is 4.97. The lowest BCUT2D eigenvalue weighted by molar-refractivity contribution is -0.134. The highest BCUT2D eigenvalue weighted by Gasteiger charge is 2.27. The molecule has 1 rings (SSSR count). The number of rotatable bonds is 5. The van der Waals surface area contributed by atoms with Gasteiger partial charge < -0.3 is 5.73 Å². The maximum atomic E-state index is 11.9. The largest absolute Gasteiger partial charge is 0.397 e. The van der Waals surface area contributed by atoms with Gasteiger partial charge in [-0.25, -0.2) is 13.4 Å². The number of hydrogen-bond acceptors (Lipinski definition) is 4. The number of hydrogen-bond donors (Lipinski definition) is 2. The first-order valence-corrected chi connectivity index (χ1v) is 6.62. The summed E-state index contributed by atoms with van der Waals surface area (Å²) in [5.41, 5.74) is 5.71. The van der Waals surface area contributed by atoms with Crippen LogP contribution in [0, 0.1) is 0 Å². The van der Waals surface area contributed by atoms with Crippen LogP contribution < -0.4 is 10.5 Å². The van der Waals surface area contributed by atoms with Gasteiger partial charge in [-0.1, -0.05) is 0 Å². The molecule has 102 valence electrons. The number of sulfonamides is 1. The molecular weight excluding hydrogens is 271 g/mol. The Bertz CT molecular complexity index is 485. The first kappa shape index (κ1) is 14.6. The SMILES string of the molecule is Nc1ccc(NS(=O)(=O)CCCC(F)(F)F)nc1. The lowest BCUT2D eigenvalue weighted by atomic mass is 10.3. The highest BCUT2D eigenvalue weighted by molar-refractivity contribution is 7.92. The van der Waals surface area contributed by atoms with Gasteiger partial charge >= 0.3 is 6.18 Å². The fourth-order valence-electron chi connectivity index (χ4n) is 1.14. The predicted octanol–water partition coefficient (Wildman–Crippen LogP) is 1.75. The van der Waals surface area contributed by atoms with Crippen molar-refractivity contribution in [2.24, 2.45) is 0 Å². The quantitative estimate of drug-likeness (QED) is 0.862. The predicted molar refractivity (Wildman–Crippen MR) is 61.3 cm³/mol. The number of anilines is 2. The number of alkyl halides is 3. The second-order valence-electron chi connectivity index (χ2n) is 3.62. The number of nitrogens with two attached hydrogens (primary N) is 1. The van der Waals surface area contributed by atoms with Crippen molar-refractivity contribution in [3.05, 3.63) is 18.3 Å². The van der Waals surface area contributed by atoms with Gasteiger partial charge in [-0.15, -0.1) is 0 Å². The average Bonchev–Trinajstić information content (AvgIpc) is 2.18. The summed E-state index contributed by atoms with van der Waals surface area (Å²) in [6.45, 7) is 0. The summed E-state index contributed by atoms with van der Waals surface area (Å²) in [5.74, 6) is -0.588. The Morgan fingerprint density at radius 1 is 1.33 bits per heavy atom. The van der Waals surface area contributed by atoms with Crippen LogP contribution in [0.5, 0.6) is 0 Å². The van der Waals surface area contributed by atoms with Gasteiger partial charge in [-0.2, -0.15) is 13.2 Å². The normalized spacial score (nSPS) is 12.4. The van der Waals surface area contributed by atoms with Crippen LogP contribution in [0.1, 0.15) is 12.8 Å². The molecule has 5 nitrogen and oxygen atoms in total. The third-order valence-electron chi connectivity index (χ3n) is 1.92. The Morgan fingerprint density at radius 3 is 2.50 bits per heavy atom. The van der Waals surface area contributed by atoms with Gasteiger partial charge in [0.1, 0.15) is 5.82 Å². The van der Waals surface area contributed by atoms with Gasteiger partial charge in [0, 0.05) is 6.42 Å². The molecule has 0 saturated carbocycles. The van der Waals surface area contributed by atoms with Crippen LogP contribution >= 0.6 is 0 Å². The zero-order valence-electron chi connectivity index (χ0n) is 9.24. The Balaban J connectivity index is 2.52. The maximum absolute atomic E-state index is 11.9. The molecule has 0 bridgehead atoms. The molecule has 0 saturated heterocycles. The van der Waals surface area contributed by atoms with Crippen molar-refractivity contribution in [2.75, 3.05) is 16.2 Å². The third kappa shape index (κ3) is 5.71. The number of halogens is 3. The number of aromatic nitrogens is 1. The Morgan fingerprint density at radius 2 is 2.00 bits per heavy atom. The van der Waals surface area contributed by atoms with Crippen molar-refractivity contribution in [3.8, 4) is 0 Å². The Labute approximate surface area is 102 Å². The summed E-state index contributed by atoms with van der Waals surface area (Å²) < 4.78 is 60.5. The third-order valence-corrected chi connectivity index (χ3v) is 3.27. The fraction of sp³-hybridized carbons (Fsp3) is 0.444. The van der Waals surface area contributed by atoms with E-state index in [9.17, 15) is 21.6 Å². The monoisotopic (exact) mass is 283 g/mol. The van der Waals surface area contributed by atoms with Crippen LogP contribution in [0.25, 0.3) is 0 Å². The number of nitrogens with one attached hydrogen (secondary N) is 1. The topological polar surface area (TPSA) is 85.1 Å². The molecule has 0 amide bonds. The van der Waals surface area contributed by atoms with Crippen LogP contribution in [-0.4, -0.2) is 25.3 Å². The smallest absolute Gasteiger partial charge is 0.389 e. The van der Waals surface area contributed by atoms with E-state index in [2.05, 4.69) is 9.71 Å². The zero-order valence-corrected chi connectivity index (χ0v) is 10.1. The molecule has 0 aliphatic carbocycles. The maximum Gasteiger partial charge on any atom is 0.389 e. The molecular formula is C9H12F3N3O2S. The first-order chi connectivity index (χ1) is 8.18. The molecule has 3 N–H and O–H groups in total. The van der Waals surface area contributed by atoms with Gasteiger partial charge in [-0.3, -0.25) is 4.72 Å². The van der Waals surface area contributed by atoms with Crippen molar-refractivity contribution in [3.63, 3.8) is 0 Å². The highest BCUT2D eigenvalue weighted by Crippen LogP contribution is 2.21. The molecule has 1 aromatic rings. The van der Waals surface area contributed by atoms with Crippen molar-refractivity contribution in [2.45, 2.75) is 19.0 Å². The van der Waals surface area contributed by atoms with Crippen LogP contribution in [0.4, 0.5) is 24.7 Å². The molecule has 1 heterocycles. The molecule has 0 aromatic carbocycles. The summed E-state index contributed by atoms with van der Waals surface area (Å²) in [6.07, 6.45) is -4.74. The lowest BCUT2D eigenvalue weighted by Gasteiger charge is -2.08. The number of nitrogens with zero attached hydrogens (tertiary/aromatic N) is 1. The summed E-state index contributed by atoms with van der Waals surface area (Å²) in [6, 6.07) is 2.76. The number of pyridine rings is 1. The average molecular weight is 283 g/mol. The minimum absolute atomic E-state index is 0.0243. The van der Waals surface area contributed by atoms with Gasteiger partial charge in [0.25, 0.3) is 0 Å². The van der Waals surface area contributed by atoms with Crippen LogP contribution in [0.2, 0.25) is 0 Å². The molecule has 0 aliphatic heterocycles. The molecule has 0 spiro atoms. The van der Waals surface area contributed by atoms with Crippen molar-refractivity contribution in [1.29, 1.82) is 0 Å². The van der Waals surface area contributed by atoms with E-state index in [-0.39, 0.29) is 5.82 Å². The van der Waals surface area contributed by atoms with Crippen molar-refractivity contribution in [1.82, 2.24) is 4.98 Å². The van der Waals surface area contributed by atoms with Gasteiger partial charge in [0.2, 0.25) is 10.0 Å². The summed E-state index contributed by atoms with van der Waals surface area (Å²) >= 11 is 0. The second kappa shape index (κ2) is 5.42. The summed E-state index contributed by atoms with van der Waals surface area (Å²) in [7, 11) is -3.82. The number of nitrogen functional groups attached to an aromatic ring is 1. The van der Waals surface area contributed by atoms with Gasteiger partial charge in [0.15, 0.2) is 0 Å². The molecule has 0 unspecified atom stereocenters. The van der Waals surface area contributed by atoms with Crippen LogP contribution in [0.3, 0.4) is 0 Å². The highest BCUT2D eigenvalue weighted by atomic mass is 32.2. The lowest BCUT2D eigenvalue weighted by Crippen LogP contribution is -2.19. The van der Waals surface area contributed by atoms with E-state index in [0.29, 0.717) is 5.69 Å². The van der Waals surface area contributed by atoms with E-state index in [1.165, 1.54) is 18.3 Å². The fourth-order valence-corrected chi connectivity index (χ4v) is 2.20. The molecule has 0 aliphatic rings. The van der Waals surface area contributed by atoms with E-state index >= 15 is 0 Å². The van der Waals surface area contributed by atoms with E-state index in [1.807, 2.05) is 0 Å². The van der Waals surface area contributed by atoms with E-state index in [0.717, 1.165) is 0 Å². The van der Waals surface area contributed by atoms with Crippen molar-refractivity contribution >= 4 is 21.5 Å². The van der Waals surface area contributed by atoms with E-state index in [4.69, 9.17) is 5.73 Å². The van der Waals surface area contributed by atoms with Crippen LogP contribution in [0.15, 0.2) is 18.3 Å². The Hall–Kier alpha value is -1.51. The zero-order chi connectivity index (χ0) is 13.8. The standard InChI is InChI=1S/C9H12F3N3O2S/c10-9(11,12)4-1-5-18(16,17)15-8-3-2-7(13)6-14-8/h2-3,6H,1,4-5,13H2,(H,14,15). The van der Waals surface area contributed by atoms with E-state index < -0.39 is 34.8 Å². The Kier molecular flexibility index (Phi) is 4.38. The van der Waals surface area contributed by atoms with Crippen LogP contribution in [-0.2, 0) is 10.0 Å². The van der Waals surface area contributed by atoms with Crippen molar-refractivity contribution < 1.29 is 21.6 Å². The van der Waals surface area contributed by atoms with Gasteiger partial charge in [0.05, 0.1) is 17.6 Å². The molecule has 0 fully saturated rings. The minimum atomic E-state index is -4.35. The molecule has 9 heteroatoms. The van der Waals surface area contributed by atoms with E-state index in [1.54, 1.807) is 0 Å². The minimum Gasteiger partial charge on any atom is -0.397 e. The molecule has 0 radical (unpaired) electrons. The molecule has 0 atom stereocenters. The molecule has 18 heavy (non-hydrogen) atoms. The second-order valence-corrected chi connectivity index (χ2v) is 5.46. The summed E-state index contributed by atoms with van der Waals surface area (Å²) in [4.78, 5) is 3.68. The summed E-state index contributed by atoms with van der Waals surface area (Å²) in [5, 5.41) is 0.